The molecular formula is C15H20N4O6S. The molecule has 0 unspecified atom stereocenters. The lowest BCUT2D eigenvalue weighted by atomic mass is 9.99. The predicted molar refractivity (Wildman–Crippen MR) is 91.5 cm³/mol. The molecule has 0 N–H and O–H groups in total. The van der Waals surface area contributed by atoms with Crippen molar-refractivity contribution in [1.82, 2.24) is 4.90 Å². The third-order valence-corrected chi connectivity index (χ3v) is 4.99. The Morgan fingerprint density at radius 1 is 1.46 bits per heavy atom. The molecule has 1 saturated heterocycles. The van der Waals surface area contributed by atoms with E-state index in [1.807, 2.05) is 0 Å². The van der Waals surface area contributed by atoms with Crippen LogP contribution in [0.3, 0.4) is 0 Å². The van der Waals surface area contributed by atoms with Crippen LogP contribution in [0.25, 0.3) is 10.4 Å². The van der Waals surface area contributed by atoms with Gasteiger partial charge in [-0.05, 0) is 31.4 Å². The van der Waals surface area contributed by atoms with Gasteiger partial charge in [0.05, 0.1) is 0 Å². The molecule has 0 aromatic carbocycles. The van der Waals surface area contributed by atoms with Crippen LogP contribution in [-0.2, 0) is 28.6 Å². The van der Waals surface area contributed by atoms with Gasteiger partial charge < -0.3 is 14.2 Å². The van der Waals surface area contributed by atoms with Crippen molar-refractivity contribution < 1.29 is 28.6 Å². The van der Waals surface area contributed by atoms with E-state index in [0.29, 0.717) is 5.57 Å². The Morgan fingerprint density at radius 3 is 2.62 bits per heavy atom. The van der Waals surface area contributed by atoms with Gasteiger partial charge in [-0.25, -0.2) is 4.79 Å². The first-order valence-corrected chi connectivity index (χ1v) is 8.77. The zero-order valence-electron chi connectivity index (χ0n) is 15.1. The van der Waals surface area contributed by atoms with Crippen LogP contribution in [0, 0.1) is 0 Å². The molecule has 2 atom stereocenters. The molecule has 0 spiro atoms. The summed E-state index contributed by atoms with van der Waals surface area (Å²) in [5, 5.41) is 2.79. The Morgan fingerprint density at radius 2 is 2.12 bits per heavy atom. The number of azide groups is 1. The van der Waals surface area contributed by atoms with E-state index < -0.39 is 34.5 Å². The molecule has 0 aromatic heterocycles. The smallest absolute Gasteiger partial charge is 0.355 e. The van der Waals surface area contributed by atoms with E-state index >= 15 is 0 Å². The number of methoxy groups -OCH3 is 1. The lowest BCUT2D eigenvalue weighted by Crippen LogP contribution is -2.73. The van der Waals surface area contributed by atoms with Gasteiger partial charge in [-0.2, -0.15) is 0 Å². The molecule has 1 amide bonds. The summed E-state index contributed by atoms with van der Waals surface area (Å²) < 4.78 is 15.5. The lowest BCUT2D eigenvalue weighted by Gasteiger charge is -2.54. The molecule has 2 heterocycles. The van der Waals surface area contributed by atoms with Gasteiger partial charge in [-0.1, -0.05) is 0 Å². The van der Waals surface area contributed by atoms with Gasteiger partial charge in [0, 0.05) is 30.3 Å². The maximum absolute atomic E-state index is 12.7. The van der Waals surface area contributed by atoms with Crippen molar-refractivity contribution in [2.24, 2.45) is 5.11 Å². The van der Waals surface area contributed by atoms with Gasteiger partial charge in [-0.3, -0.25) is 14.5 Å². The third kappa shape index (κ3) is 3.50. The van der Waals surface area contributed by atoms with Crippen LogP contribution in [0.15, 0.2) is 16.4 Å². The van der Waals surface area contributed by atoms with Gasteiger partial charge in [-0.15, -0.1) is 11.8 Å². The van der Waals surface area contributed by atoms with Crippen LogP contribution in [-0.4, -0.2) is 58.9 Å². The predicted octanol–water partition coefficient (Wildman–Crippen LogP) is 1.71. The topological polar surface area (TPSA) is 131 Å². The van der Waals surface area contributed by atoms with Crippen LogP contribution in [0.2, 0.25) is 0 Å². The molecule has 2 aliphatic rings. The van der Waals surface area contributed by atoms with Gasteiger partial charge in [0.1, 0.15) is 23.3 Å². The summed E-state index contributed by atoms with van der Waals surface area (Å²) in [7, 11) is 1.26. The second-order valence-corrected chi connectivity index (χ2v) is 7.73. The first kappa shape index (κ1) is 20.1. The number of amides is 1. The summed E-state index contributed by atoms with van der Waals surface area (Å²) in [6.45, 7) is 6.20. The van der Waals surface area contributed by atoms with Crippen molar-refractivity contribution in [3.05, 3.63) is 21.7 Å². The molecule has 1 fully saturated rings. The normalized spacial score (nSPS) is 25.0. The van der Waals surface area contributed by atoms with Crippen LogP contribution in [0.4, 0.5) is 0 Å². The van der Waals surface area contributed by atoms with Crippen LogP contribution >= 0.6 is 11.8 Å². The van der Waals surface area contributed by atoms with E-state index in [-0.39, 0.29) is 18.1 Å². The number of carbonyl (C=O) groups excluding carboxylic acids is 3. The number of β-lactam (4-membered cyclic amide) rings is 1. The zero-order valence-corrected chi connectivity index (χ0v) is 16.0. The summed E-state index contributed by atoms with van der Waals surface area (Å²) in [5.74, 6) is -1.62. The fourth-order valence-electron chi connectivity index (χ4n) is 2.57. The Labute approximate surface area is 154 Å². The summed E-state index contributed by atoms with van der Waals surface area (Å²) >= 11 is 1.25. The summed E-state index contributed by atoms with van der Waals surface area (Å²) in [5.41, 5.74) is 6.71. The lowest BCUT2D eigenvalue weighted by molar-refractivity contribution is -0.184. The molecule has 2 rings (SSSR count). The van der Waals surface area contributed by atoms with E-state index in [1.165, 1.54) is 30.7 Å². The maximum Gasteiger partial charge on any atom is 0.355 e. The number of ether oxygens (including phenoxy) is 3. The average molecular weight is 384 g/mol. The number of hydrogen-bond donors (Lipinski definition) is 0. The van der Waals surface area contributed by atoms with E-state index in [2.05, 4.69) is 10.0 Å². The Bertz CT molecular complexity index is 724. The monoisotopic (exact) mass is 384 g/mol. The highest BCUT2D eigenvalue weighted by Gasteiger charge is 2.65. The van der Waals surface area contributed by atoms with Crippen molar-refractivity contribution >= 4 is 29.6 Å². The van der Waals surface area contributed by atoms with E-state index in [4.69, 9.17) is 19.7 Å². The minimum absolute atomic E-state index is 0.00394. The van der Waals surface area contributed by atoms with E-state index in [1.54, 1.807) is 20.8 Å². The van der Waals surface area contributed by atoms with Gasteiger partial charge >= 0.3 is 11.9 Å². The summed E-state index contributed by atoms with van der Waals surface area (Å²) in [4.78, 5) is 40.4. The van der Waals surface area contributed by atoms with E-state index in [0.717, 1.165) is 0 Å². The number of hydrogen-bond acceptors (Lipinski definition) is 8. The number of rotatable bonds is 5. The highest BCUT2D eigenvalue weighted by molar-refractivity contribution is 8.00. The number of carbonyl (C=O) groups is 3. The summed E-state index contributed by atoms with van der Waals surface area (Å²) in [6, 6.07) is 0. The quantitative estimate of drug-likeness (QED) is 0.232. The minimum atomic E-state index is -1.71. The first-order chi connectivity index (χ1) is 12.1. The number of esters is 2. The molecule has 0 saturated carbocycles. The molecule has 0 bridgehead atoms. The zero-order chi connectivity index (χ0) is 19.7. The number of thioether (sulfide) groups is 1. The first-order valence-electron chi connectivity index (χ1n) is 7.72. The molecule has 142 valence electrons. The SMILES string of the molecule is CO[C@@]1(N=[N+]=[N-])C(=O)N2C(C(=O)OC(C)(C)C)=C(COC(C)=O)CS[C@@H]21. The summed E-state index contributed by atoms with van der Waals surface area (Å²) in [6.07, 6.45) is 0. The van der Waals surface area contributed by atoms with Crippen LogP contribution < -0.4 is 0 Å². The van der Waals surface area contributed by atoms with E-state index in [9.17, 15) is 14.4 Å². The highest BCUT2D eigenvalue weighted by atomic mass is 32.2. The van der Waals surface area contributed by atoms with Crippen molar-refractivity contribution in [3.8, 4) is 0 Å². The largest absolute Gasteiger partial charge is 0.461 e. The molecule has 2 aliphatic heterocycles. The highest BCUT2D eigenvalue weighted by Crippen LogP contribution is 2.49. The average Bonchev–Trinajstić information content (AvgIpc) is 2.54. The second-order valence-electron chi connectivity index (χ2n) is 6.66. The molecule has 10 nitrogen and oxygen atoms in total. The van der Waals surface area contributed by atoms with Crippen molar-refractivity contribution in [2.75, 3.05) is 19.5 Å². The molecule has 0 aliphatic carbocycles. The molecule has 11 heteroatoms. The van der Waals surface area contributed by atoms with Gasteiger partial charge in [0.25, 0.3) is 11.6 Å². The molecule has 26 heavy (non-hydrogen) atoms. The Balaban J connectivity index is 2.43. The molecule has 0 aromatic rings. The maximum atomic E-state index is 12.7. The second kappa shape index (κ2) is 7.18. The van der Waals surface area contributed by atoms with Gasteiger partial charge in [0.2, 0.25) is 0 Å². The fourth-order valence-corrected chi connectivity index (χ4v) is 3.97. The molecular weight excluding hydrogens is 364 g/mol. The van der Waals surface area contributed by atoms with Crippen LogP contribution in [0.1, 0.15) is 27.7 Å². The third-order valence-electron chi connectivity index (χ3n) is 3.63. The Kier molecular flexibility index (Phi) is 5.55. The van der Waals surface area contributed by atoms with Crippen molar-refractivity contribution in [1.29, 1.82) is 0 Å². The standard InChI is InChI=1S/C15H20N4O6S/c1-8(20)24-6-9-7-26-13-15(23-5,17-18-16)12(22)19(13)10(9)11(21)25-14(2,3)4/h13H,6-7H2,1-5H3/t13-,15+/m1/s1. The minimum Gasteiger partial charge on any atom is -0.461 e. The molecule has 0 radical (unpaired) electrons. The number of nitrogens with zero attached hydrogens (tertiary/aromatic N) is 4. The van der Waals surface area contributed by atoms with Crippen LogP contribution in [0.5, 0.6) is 0 Å². The van der Waals surface area contributed by atoms with Crippen molar-refractivity contribution in [3.63, 3.8) is 0 Å². The van der Waals surface area contributed by atoms with Gasteiger partial charge in [0.15, 0.2) is 0 Å². The number of fused-ring (bicyclic) bond motifs is 1. The fraction of sp³-hybridized carbons (Fsp3) is 0.667. The van der Waals surface area contributed by atoms with Crippen molar-refractivity contribution in [2.45, 2.75) is 44.4 Å². The Hall–Kier alpha value is -2.23.